The van der Waals surface area contributed by atoms with Crippen LogP contribution in [-0.2, 0) is 0 Å². The van der Waals surface area contributed by atoms with E-state index in [0.717, 1.165) is 17.8 Å². The molecule has 0 aliphatic carbocycles. The first-order valence-electron chi connectivity index (χ1n) is 6.23. The quantitative estimate of drug-likeness (QED) is 0.567. The van der Waals surface area contributed by atoms with Crippen LogP contribution >= 0.6 is 11.6 Å². The van der Waals surface area contributed by atoms with Crippen molar-refractivity contribution in [1.29, 1.82) is 0 Å². The molecule has 0 amide bonds. The van der Waals surface area contributed by atoms with Crippen molar-refractivity contribution in [3.05, 3.63) is 16.5 Å². The average Bonchev–Trinajstić information content (AvgIpc) is 2.29. The van der Waals surface area contributed by atoms with Gasteiger partial charge in [-0.25, -0.2) is 4.98 Å². The molecule has 0 aliphatic heterocycles. The lowest BCUT2D eigenvalue weighted by Crippen LogP contribution is -2.06. The molecule has 1 rings (SSSR count). The number of aromatic nitrogens is 2. The molecule has 0 fully saturated rings. The highest BCUT2D eigenvalue weighted by atomic mass is 35.5. The van der Waals surface area contributed by atoms with Gasteiger partial charge in [-0.2, -0.15) is 4.98 Å². The lowest BCUT2D eigenvalue weighted by molar-refractivity contribution is 0.291. The highest BCUT2D eigenvalue weighted by Crippen LogP contribution is 2.24. The molecule has 4 heteroatoms. The Bertz CT molecular complexity index is 367. The van der Waals surface area contributed by atoms with Crippen molar-refractivity contribution in [2.45, 2.75) is 52.9 Å². The Morgan fingerprint density at radius 3 is 2.53 bits per heavy atom. The predicted octanol–water partition coefficient (Wildman–Crippen LogP) is 4.13. The minimum absolute atomic E-state index is 0.256. The number of halogens is 1. The van der Waals surface area contributed by atoms with Crippen LogP contribution in [0.1, 0.15) is 57.3 Å². The van der Waals surface area contributed by atoms with Crippen molar-refractivity contribution in [1.82, 2.24) is 9.97 Å². The van der Waals surface area contributed by atoms with Gasteiger partial charge in [0.25, 0.3) is 0 Å². The zero-order valence-corrected chi connectivity index (χ0v) is 11.8. The minimum Gasteiger partial charge on any atom is -0.477 e. The van der Waals surface area contributed by atoms with Crippen LogP contribution < -0.4 is 4.74 Å². The van der Waals surface area contributed by atoms with Gasteiger partial charge in [0.2, 0.25) is 5.88 Å². The van der Waals surface area contributed by atoms with Gasteiger partial charge in [0.1, 0.15) is 11.0 Å². The molecule has 0 bridgehead atoms. The van der Waals surface area contributed by atoms with Gasteiger partial charge in [-0.05, 0) is 13.3 Å². The van der Waals surface area contributed by atoms with Gasteiger partial charge >= 0.3 is 0 Å². The smallest absolute Gasteiger partial charge is 0.221 e. The van der Waals surface area contributed by atoms with Crippen LogP contribution in [0.5, 0.6) is 5.88 Å². The second-order valence-corrected chi connectivity index (χ2v) is 4.87. The first-order valence-corrected chi connectivity index (χ1v) is 6.60. The first kappa shape index (κ1) is 14.2. The van der Waals surface area contributed by atoms with Crippen molar-refractivity contribution in [3.63, 3.8) is 0 Å². The predicted molar refractivity (Wildman–Crippen MR) is 70.9 cm³/mol. The summed E-state index contributed by atoms with van der Waals surface area (Å²) in [5, 5.41) is 0.495. The van der Waals surface area contributed by atoms with Crippen LogP contribution in [-0.4, -0.2) is 16.6 Å². The molecular weight excluding hydrogens is 236 g/mol. The fourth-order valence-corrected chi connectivity index (χ4v) is 1.57. The second kappa shape index (κ2) is 6.80. The summed E-state index contributed by atoms with van der Waals surface area (Å²) in [6.07, 6.45) is 3.41. The number of unbranched alkanes of at least 4 members (excludes halogenated alkanes) is 2. The molecule has 0 radical (unpaired) electrons. The van der Waals surface area contributed by atoms with Crippen LogP contribution in [0.2, 0.25) is 5.15 Å². The number of ether oxygens (including phenoxy) is 1. The Hall–Kier alpha value is -0.830. The molecule has 1 aromatic heterocycles. The van der Waals surface area contributed by atoms with Crippen molar-refractivity contribution in [3.8, 4) is 5.88 Å². The van der Waals surface area contributed by atoms with Crippen LogP contribution in [0.25, 0.3) is 0 Å². The van der Waals surface area contributed by atoms with E-state index in [-0.39, 0.29) is 5.92 Å². The van der Waals surface area contributed by atoms with E-state index in [1.54, 1.807) is 0 Å². The molecule has 0 saturated heterocycles. The van der Waals surface area contributed by atoms with E-state index in [1.165, 1.54) is 12.8 Å². The summed E-state index contributed by atoms with van der Waals surface area (Å²) in [4.78, 5) is 8.66. The zero-order valence-electron chi connectivity index (χ0n) is 11.1. The molecule has 1 aromatic rings. The van der Waals surface area contributed by atoms with Crippen LogP contribution in [0.15, 0.2) is 0 Å². The van der Waals surface area contributed by atoms with Gasteiger partial charge in [-0.15, -0.1) is 0 Å². The van der Waals surface area contributed by atoms with Crippen molar-refractivity contribution in [2.75, 3.05) is 6.61 Å². The van der Waals surface area contributed by atoms with E-state index in [9.17, 15) is 0 Å². The van der Waals surface area contributed by atoms with Gasteiger partial charge in [0.15, 0.2) is 0 Å². The molecule has 1 heterocycles. The third kappa shape index (κ3) is 4.15. The molecule has 0 spiro atoms. The number of hydrogen-bond acceptors (Lipinski definition) is 3. The number of hydrogen-bond donors (Lipinski definition) is 0. The highest BCUT2D eigenvalue weighted by molar-refractivity contribution is 6.30. The average molecular weight is 257 g/mol. The summed E-state index contributed by atoms with van der Waals surface area (Å²) >= 11 is 6.07. The summed E-state index contributed by atoms with van der Waals surface area (Å²) in [6.45, 7) is 8.84. The molecule has 3 nitrogen and oxygen atoms in total. The van der Waals surface area contributed by atoms with E-state index >= 15 is 0 Å². The van der Waals surface area contributed by atoms with Crippen LogP contribution in [0, 0.1) is 6.92 Å². The molecule has 96 valence electrons. The van der Waals surface area contributed by atoms with Crippen molar-refractivity contribution >= 4 is 11.6 Å². The Morgan fingerprint density at radius 1 is 1.24 bits per heavy atom. The maximum absolute atomic E-state index is 6.07. The molecular formula is C13H21ClN2O. The van der Waals surface area contributed by atoms with Crippen molar-refractivity contribution < 1.29 is 4.74 Å². The van der Waals surface area contributed by atoms with E-state index in [2.05, 4.69) is 16.9 Å². The summed E-state index contributed by atoms with van der Waals surface area (Å²) < 4.78 is 5.67. The minimum atomic E-state index is 0.256. The summed E-state index contributed by atoms with van der Waals surface area (Å²) in [5.74, 6) is 1.63. The Kier molecular flexibility index (Phi) is 5.69. The molecule has 17 heavy (non-hydrogen) atoms. The molecule has 0 N–H and O–H groups in total. The lowest BCUT2D eigenvalue weighted by atomic mass is 10.2. The van der Waals surface area contributed by atoms with E-state index in [0.29, 0.717) is 17.6 Å². The van der Waals surface area contributed by atoms with Crippen molar-refractivity contribution in [2.24, 2.45) is 0 Å². The highest BCUT2D eigenvalue weighted by Gasteiger charge is 2.12. The van der Waals surface area contributed by atoms with Crippen LogP contribution in [0.3, 0.4) is 0 Å². The van der Waals surface area contributed by atoms with Gasteiger partial charge in [-0.1, -0.05) is 45.2 Å². The van der Waals surface area contributed by atoms with Crippen LogP contribution in [0.4, 0.5) is 0 Å². The zero-order chi connectivity index (χ0) is 12.8. The molecule has 0 saturated carbocycles. The fourth-order valence-electron chi connectivity index (χ4n) is 1.41. The third-order valence-electron chi connectivity index (χ3n) is 2.56. The van der Waals surface area contributed by atoms with Gasteiger partial charge in [0, 0.05) is 11.5 Å². The second-order valence-electron chi connectivity index (χ2n) is 4.51. The largest absolute Gasteiger partial charge is 0.477 e. The Morgan fingerprint density at radius 2 is 1.94 bits per heavy atom. The summed E-state index contributed by atoms with van der Waals surface area (Å²) in [5.41, 5.74) is 0.826. The monoisotopic (exact) mass is 256 g/mol. The lowest BCUT2D eigenvalue weighted by Gasteiger charge is -2.12. The molecule has 0 aliphatic rings. The standard InChI is InChI=1S/C13H21ClN2O/c1-5-6-7-8-17-13-10(4)11(14)15-12(16-13)9(2)3/h9H,5-8H2,1-4H3. The topological polar surface area (TPSA) is 35.0 Å². The Balaban J connectivity index is 2.75. The maximum Gasteiger partial charge on any atom is 0.221 e. The summed E-state index contributed by atoms with van der Waals surface area (Å²) in [6, 6.07) is 0. The fraction of sp³-hybridized carbons (Fsp3) is 0.692. The van der Waals surface area contributed by atoms with E-state index < -0.39 is 0 Å². The SMILES string of the molecule is CCCCCOc1nc(C(C)C)nc(Cl)c1C. The first-order chi connectivity index (χ1) is 8.06. The number of nitrogens with zero attached hydrogens (tertiary/aromatic N) is 2. The van der Waals surface area contributed by atoms with E-state index in [4.69, 9.17) is 16.3 Å². The summed E-state index contributed by atoms with van der Waals surface area (Å²) in [7, 11) is 0. The number of rotatable bonds is 6. The van der Waals surface area contributed by atoms with Gasteiger partial charge < -0.3 is 4.74 Å². The Labute approximate surface area is 109 Å². The molecule has 0 aromatic carbocycles. The normalized spacial score (nSPS) is 10.9. The molecule has 0 atom stereocenters. The third-order valence-corrected chi connectivity index (χ3v) is 2.93. The maximum atomic E-state index is 6.07. The molecule has 0 unspecified atom stereocenters. The van der Waals surface area contributed by atoms with Gasteiger partial charge in [-0.3, -0.25) is 0 Å². The van der Waals surface area contributed by atoms with Gasteiger partial charge in [0.05, 0.1) is 6.61 Å². The van der Waals surface area contributed by atoms with E-state index in [1.807, 2.05) is 20.8 Å².